The molecule has 0 unspecified atom stereocenters. The molecule has 0 saturated heterocycles. The van der Waals surface area contributed by atoms with Gasteiger partial charge in [-0.3, -0.25) is 0 Å². The molecule has 0 heterocycles. The summed E-state index contributed by atoms with van der Waals surface area (Å²) in [5.74, 6) is 0.447. The third-order valence-electron chi connectivity index (χ3n) is 4.06. The maximum atomic E-state index is 14.1. The fourth-order valence-electron chi connectivity index (χ4n) is 2.48. The van der Waals surface area contributed by atoms with E-state index in [-0.39, 0.29) is 18.1 Å². The molecule has 0 aliphatic rings. The highest BCUT2D eigenvalue weighted by atomic mass is 79.9. The monoisotopic (exact) mass is 436 g/mol. The number of anilines is 1. The maximum absolute atomic E-state index is 14.1. The molecule has 2 rings (SSSR count). The molecule has 0 spiro atoms. The summed E-state index contributed by atoms with van der Waals surface area (Å²) < 4.78 is 14.9. The quantitative estimate of drug-likeness (QED) is 0.388. The number of nitrogens with zero attached hydrogens (tertiary/aromatic N) is 3. The van der Waals surface area contributed by atoms with Gasteiger partial charge in [0.25, 0.3) is 0 Å². The van der Waals surface area contributed by atoms with Crippen LogP contribution in [0.25, 0.3) is 0 Å². The third kappa shape index (κ3) is 6.52. The van der Waals surface area contributed by atoms with Gasteiger partial charge in [-0.25, -0.2) is 9.38 Å². The SMILES string of the molecule is CCN(CCN(C)C)C(=NCc1cc(Br)ccc1F)Nc1ccccc1O. The smallest absolute Gasteiger partial charge is 0.198 e. The summed E-state index contributed by atoms with van der Waals surface area (Å²) in [7, 11) is 4.02. The van der Waals surface area contributed by atoms with E-state index in [1.165, 1.54) is 6.07 Å². The first kappa shape index (κ1) is 21.2. The number of phenolic OH excluding ortho intramolecular Hbond substituents is 1. The number of aliphatic imine (C=N–C) groups is 1. The van der Waals surface area contributed by atoms with Crippen molar-refractivity contribution < 1.29 is 9.50 Å². The van der Waals surface area contributed by atoms with Crippen LogP contribution in [-0.4, -0.2) is 54.6 Å². The molecule has 27 heavy (non-hydrogen) atoms. The molecule has 0 atom stereocenters. The summed E-state index contributed by atoms with van der Waals surface area (Å²) in [5, 5.41) is 13.3. The molecule has 0 radical (unpaired) electrons. The first-order valence-corrected chi connectivity index (χ1v) is 9.63. The van der Waals surface area contributed by atoms with Crippen molar-refractivity contribution in [1.82, 2.24) is 9.80 Å². The molecule has 0 aliphatic carbocycles. The lowest BCUT2D eigenvalue weighted by molar-refractivity contribution is 0.336. The average molecular weight is 437 g/mol. The molecule has 0 aliphatic heterocycles. The van der Waals surface area contributed by atoms with Crippen LogP contribution in [0.2, 0.25) is 0 Å². The van der Waals surface area contributed by atoms with E-state index in [1.54, 1.807) is 30.3 Å². The molecule has 2 aromatic rings. The summed E-state index contributed by atoms with van der Waals surface area (Å²) in [6.45, 7) is 4.57. The second-order valence-corrected chi connectivity index (χ2v) is 7.32. The van der Waals surface area contributed by atoms with Crippen molar-refractivity contribution in [1.29, 1.82) is 0 Å². The van der Waals surface area contributed by atoms with E-state index in [2.05, 4.69) is 36.0 Å². The highest BCUT2D eigenvalue weighted by Gasteiger charge is 2.13. The number of halogens is 2. The van der Waals surface area contributed by atoms with Gasteiger partial charge >= 0.3 is 0 Å². The zero-order chi connectivity index (χ0) is 19.8. The Kier molecular flexibility index (Phi) is 8.06. The number of likely N-dealkylation sites (N-methyl/N-ethyl adjacent to an activating group) is 2. The first-order valence-electron chi connectivity index (χ1n) is 8.83. The van der Waals surface area contributed by atoms with E-state index in [9.17, 15) is 9.50 Å². The van der Waals surface area contributed by atoms with Gasteiger partial charge in [0.1, 0.15) is 11.6 Å². The van der Waals surface area contributed by atoms with Gasteiger partial charge in [0.15, 0.2) is 5.96 Å². The Hall–Kier alpha value is -2.12. The number of phenols is 1. The van der Waals surface area contributed by atoms with Gasteiger partial charge in [0.2, 0.25) is 0 Å². The van der Waals surface area contributed by atoms with Crippen LogP contribution in [0, 0.1) is 5.82 Å². The second-order valence-electron chi connectivity index (χ2n) is 6.40. The van der Waals surface area contributed by atoms with E-state index >= 15 is 0 Å². The first-order chi connectivity index (χ1) is 12.9. The summed E-state index contributed by atoms with van der Waals surface area (Å²) in [4.78, 5) is 8.79. The Morgan fingerprint density at radius 3 is 2.59 bits per heavy atom. The topological polar surface area (TPSA) is 51.1 Å². The van der Waals surface area contributed by atoms with Crippen LogP contribution in [-0.2, 0) is 6.54 Å². The van der Waals surface area contributed by atoms with Crippen LogP contribution < -0.4 is 5.32 Å². The molecule has 0 aromatic heterocycles. The van der Waals surface area contributed by atoms with Crippen LogP contribution in [0.4, 0.5) is 10.1 Å². The number of rotatable bonds is 7. The van der Waals surface area contributed by atoms with Crippen LogP contribution in [0.5, 0.6) is 5.75 Å². The number of benzene rings is 2. The summed E-state index contributed by atoms with van der Waals surface area (Å²) >= 11 is 3.37. The number of para-hydroxylation sites is 2. The van der Waals surface area contributed by atoms with Crippen LogP contribution in [0.15, 0.2) is 51.9 Å². The molecular weight excluding hydrogens is 411 g/mol. The highest BCUT2D eigenvalue weighted by Crippen LogP contribution is 2.22. The normalized spacial score (nSPS) is 11.7. The van der Waals surface area contributed by atoms with Gasteiger partial charge in [-0.1, -0.05) is 28.1 Å². The fourth-order valence-corrected chi connectivity index (χ4v) is 2.89. The van der Waals surface area contributed by atoms with Crippen molar-refractivity contribution in [2.75, 3.05) is 39.0 Å². The van der Waals surface area contributed by atoms with Gasteiger partial charge in [-0.15, -0.1) is 0 Å². The van der Waals surface area contributed by atoms with Crippen molar-refractivity contribution in [3.63, 3.8) is 0 Å². The minimum Gasteiger partial charge on any atom is -0.506 e. The molecule has 0 amide bonds. The molecule has 7 heteroatoms. The second kappa shape index (κ2) is 10.3. The predicted molar refractivity (Wildman–Crippen MR) is 113 cm³/mol. The van der Waals surface area contributed by atoms with E-state index in [4.69, 9.17) is 0 Å². The Bertz CT molecular complexity index is 782. The summed E-state index contributed by atoms with van der Waals surface area (Å²) in [6.07, 6.45) is 0. The van der Waals surface area contributed by atoms with Crippen LogP contribution in [0.1, 0.15) is 12.5 Å². The molecule has 146 valence electrons. The van der Waals surface area contributed by atoms with Crippen molar-refractivity contribution >= 4 is 27.6 Å². The minimum atomic E-state index is -0.291. The Balaban J connectivity index is 2.29. The Morgan fingerprint density at radius 2 is 1.93 bits per heavy atom. The van der Waals surface area contributed by atoms with Gasteiger partial charge in [-0.2, -0.15) is 0 Å². The van der Waals surface area contributed by atoms with E-state index in [1.807, 2.05) is 27.1 Å². The minimum absolute atomic E-state index is 0.141. The average Bonchev–Trinajstić information content (AvgIpc) is 2.63. The number of hydrogen-bond acceptors (Lipinski definition) is 3. The molecule has 0 fully saturated rings. The molecule has 0 bridgehead atoms. The van der Waals surface area contributed by atoms with Gasteiger partial charge in [0.05, 0.1) is 12.2 Å². The maximum Gasteiger partial charge on any atom is 0.198 e. The van der Waals surface area contributed by atoms with E-state index in [0.717, 1.165) is 24.1 Å². The Labute approximate surface area is 168 Å². The number of hydrogen-bond donors (Lipinski definition) is 2. The van der Waals surface area contributed by atoms with Crippen molar-refractivity contribution in [2.45, 2.75) is 13.5 Å². The van der Waals surface area contributed by atoms with Crippen molar-refractivity contribution in [3.8, 4) is 5.75 Å². The molecular formula is C20H26BrFN4O. The summed E-state index contributed by atoms with van der Waals surface area (Å²) in [6, 6.07) is 11.8. The lowest BCUT2D eigenvalue weighted by atomic mass is 10.2. The lowest BCUT2D eigenvalue weighted by Crippen LogP contribution is -2.40. The molecule has 5 nitrogen and oxygen atoms in total. The fraction of sp³-hybridized carbons (Fsp3) is 0.350. The number of aromatic hydroxyl groups is 1. The molecule has 2 aromatic carbocycles. The third-order valence-corrected chi connectivity index (χ3v) is 4.55. The zero-order valence-electron chi connectivity index (χ0n) is 15.9. The molecule has 0 saturated carbocycles. The van der Waals surface area contributed by atoms with Crippen LogP contribution in [0.3, 0.4) is 0 Å². The van der Waals surface area contributed by atoms with E-state index in [0.29, 0.717) is 17.2 Å². The van der Waals surface area contributed by atoms with E-state index < -0.39 is 0 Å². The largest absolute Gasteiger partial charge is 0.506 e. The van der Waals surface area contributed by atoms with Gasteiger partial charge < -0.3 is 20.2 Å². The lowest BCUT2D eigenvalue weighted by Gasteiger charge is -2.27. The molecule has 2 N–H and O–H groups in total. The summed E-state index contributed by atoms with van der Waals surface area (Å²) in [5.41, 5.74) is 1.07. The van der Waals surface area contributed by atoms with Crippen molar-refractivity contribution in [3.05, 3.63) is 58.3 Å². The van der Waals surface area contributed by atoms with Crippen molar-refractivity contribution in [2.24, 2.45) is 4.99 Å². The number of guanidine groups is 1. The highest BCUT2D eigenvalue weighted by molar-refractivity contribution is 9.10. The van der Waals surface area contributed by atoms with Crippen LogP contribution >= 0.6 is 15.9 Å². The predicted octanol–water partition coefficient (Wildman–Crippen LogP) is 4.15. The van der Waals surface area contributed by atoms with Gasteiger partial charge in [0, 0.05) is 29.7 Å². The zero-order valence-corrected chi connectivity index (χ0v) is 17.5. The Morgan fingerprint density at radius 1 is 1.19 bits per heavy atom. The number of nitrogens with one attached hydrogen (secondary N) is 1. The standard InChI is InChI=1S/C20H26BrFN4O/c1-4-26(12-11-25(2)3)20(24-18-7-5-6-8-19(18)27)23-14-15-13-16(21)9-10-17(15)22/h5-10,13,27H,4,11-12,14H2,1-3H3,(H,23,24). The van der Waals surface area contributed by atoms with Gasteiger partial charge in [-0.05, 0) is 51.4 Å².